The molecule has 0 spiro atoms. The number of amides is 1. The summed E-state index contributed by atoms with van der Waals surface area (Å²) in [5, 5.41) is 13.5. The molecule has 4 nitrogen and oxygen atoms in total. The largest absolute Gasteiger partial charge is 0.388 e. The molecule has 3 atom stereocenters. The van der Waals surface area contributed by atoms with E-state index in [-0.39, 0.29) is 29.6 Å². The van der Waals surface area contributed by atoms with Crippen molar-refractivity contribution < 1.29 is 9.90 Å². The van der Waals surface area contributed by atoms with E-state index in [1.807, 2.05) is 44.2 Å². The number of carbonyl (C=O) groups excluding carboxylic acids is 1. The molecule has 0 bridgehead atoms. The van der Waals surface area contributed by atoms with Gasteiger partial charge >= 0.3 is 0 Å². The molecule has 1 aliphatic rings. The smallest absolute Gasteiger partial charge is 0.237 e. The second kappa shape index (κ2) is 7.95. The van der Waals surface area contributed by atoms with Crippen molar-refractivity contribution in [2.75, 3.05) is 6.54 Å². The first-order valence-corrected chi connectivity index (χ1v) is 7.76. The van der Waals surface area contributed by atoms with Crippen molar-refractivity contribution in [2.24, 2.45) is 17.1 Å². The van der Waals surface area contributed by atoms with Crippen LogP contribution >= 0.6 is 12.4 Å². The summed E-state index contributed by atoms with van der Waals surface area (Å²) < 4.78 is 0. The van der Waals surface area contributed by atoms with E-state index >= 15 is 0 Å². The molecule has 0 saturated heterocycles. The lowest BCUT2D eigenvalue weighted by Crippen LogP contribution is -2.46. The number of carbonyl (C=O) groups is 1. The Balaban J connectivity index is 0.00000242. The van der Waals surface area contributed by atoms with Crippen molar-refractivity contribution >= 4 is 18.3 Å². The maximum Gasteiger partial charge on any atom is 0.237 e. The van der Waals surface area contributed by atoms with Crippen molar-refractivity contribution in [3.05, 3.63) is 35.9 Å². The molecule has 0 heterocycles. The summed E-state index contributed by atoms with van der Waals surface area (Å²) in [5.74, 6) is 0.0510. The highest BCUT2D eigenvalue weighted by atomic mass is 35.5. The van der Waals surface area contributed by atoms with Gasteiger partial charge in [0.1, 0.15) is 0 Å². The lowest BCUT2D eigenvalue weighted by atomic mass is 9.92. The van der Waals surface area contributed by atoms with Crippen LogP contribution in [0, 0.1) is 11.3 Å². The minimum atomic E-state index is -0.529. The van der Waals surface area contributed by atoms with E-state index in [0.717, 1.165) is 24.8 Å². The Labute approximate surface area is 138 Å². The van der Waals surface area contributed by atoms with Gasteiger partial charge in [0, 0.05) is 12.0 Å². The van der Waals surface area contributed by atoms with Crippen molar-refractivity contribution in [2.45, 2.75) is 45.3 Å². The van der Waals surface area contributed by atoms with Gasteiger partial charge < -0.3 is 16.2 Å². The van der Waals surface area contributed by atoms with E-state index in [4.69, 9.17) is 5.73 Å². The fourth-order valence-corrected chi connectivity index (χ4v) is 2.59. The summed E-state index contributed by atoms with van der Waals surface area (Å²) in [6.45, 7) is 4.50. The molecule has 2 rings (SSSR count). The quantitative estimate of drug-likeness (QED) is 0.720. The molecule has 22 heavy (non-hydrogen) atoms. The van der Waals surface area contributed by atoms with Crippen LogP contribution < -0.4 is 11.1 Å². The summed E-state index contributed by atoms with van der Waals surface area (Å²) >= 11 is 0. The van der Waals surface area contributed by atoms with Crippen LogP contribution in [0.2, 0.25) is 0 Å². The number of hydrogen-bond donors (Lipinski definition) is 3. The van der Waals surface area contributed by atoms with Gasteiger partial charge in [-0.05, 0) is 24.3 Å². The third kappa shape index (κ3) is 4.22. The van der Waals surface area contributed by atoms with Crippen LogP contribution in [-0.2, 0) is 4.79 Å². The van der Waals surface area contributed by atoms with E-state index in [1.165, 1.54) is 0 Å². The highest BCUT2D eigenvalue weighted by molar-refractivity contribution is 5.85. The normalized spacial score (nSPS) is 19.5. The Kier molecular flexibility index (Phi) is 6.85. The molecule has 1 aliphatic carbocycles. The molecule has 1 fully saturated rings. The number of benzene rings is 1. The summed E-state index contributed by atoms with van der Waals surface area (Å²) in [5.41, 5.74) is 6.63. The zero-order chi connectivity index (χ0) is 15.5. The van der Waals surface area contributed by atoms with Gasteiger partial charge in [-0.3, -0.25) is 4.79 Å². The van der Waals surface area contributed by atoms with Crippen LogP contribution in [0.15, 0.2) is 30.3 Å². The van der Waals surface area contributed by atoms with Crippen molar-refractivity contribution in [1.29, 1.82) is 0 Å². The zero-order valence-corrected chi connectivity index (χ0v) is 14.1. The van der Waals surface area contributed by atoms with Crippen molar-refractivity contribution in [1.82, 2.24) is 5.32 Å². The van der Waals surface area contributed by atoms with E-state index in [0.29, 0.717) is 6.54 Å². The topological polar surface area (TPSA) is 75.4 Å². The van der Waals surface area contributed by atoms with Crippen LogP contribution in [0.5, 0.6) is 0 Å². The number of rotatable bonds is 7. The van der Waals surface area contributed by atoms with E-state index in [1.54, 1.807) is 0 Å². The van der Waals surface area contributed by atoms with Crippen LogP contribution in [0.25, 0.3) is 0 Å². The van der Waals surface area contributed by atoms with Crippen molar-refractivity contribution in [3.63, 3.8) is 0 Å². The molecule has 1 aromatic carbocycles. The van der Waals surface area contributed by atoms with Gasteiger partial charge in [-0.2, -0.15) is 0 Å². The molecule has 3 unspecified atom stereocenters. The minimum Gasteiger partial charge on any atom is -0.388 e. The first-order valence-electron chi connectivity index (χ1n) is 7.76. The van der Waals surface area contributed by atoms with Crippen LogP contribution in [-0.4, -0.2) is 23.6 Å². The van der Waals surface area contributed by atoms with Crippen LogP contribution in [0.1, 0.15) is 44.8 Å². The second-order valence-electron chi connectivity index (χ2n) is 6.30. The average molecular weight is 327 g/mol. The van der Waals surface area contributed by atoms with Gasteiger partial charge in [-0.1, -0.05) is 50.6 Å². The molecular weight excluding hydrogens is 300 g/mol. The van der Waals surface area contributed by atoms with Gasteiger partial charge in [-0.15, -0.1) is 12.4 Å². The maximum atomic E-state index is 12.1. The molecule has 124 valence electrons. The lowest BCUT2D eigenvalue weighted by molar-refractivity contribution is -0.123. The fourth-order valence-electron chi connectivity index (χ4n) is 2.59. The van der Waals surface area contributed by atoms with Gasteiger partial charge in [0.15, 0.2) is 0 Å². The third-order valence-corrected chi connectivity index (χ3v) is 4.76. The average Bonchev–Trinajstić information content (AvgIpc) is 3.32. The number of aliphatic hydroxyl groups excluding tert-OH is 1. The highest BCUT2D eigenvalue weighted by Gasteiger charge is 2.49. The number of halogens is 1. The zero-order valence-electron chi connectivity index (χ0n) is 13.3. The Hall–Kier alpha value is -1.10. The molecule has 0 aliphatic heterocycles. The molecular formula is C17H27ClN2O2. The molecule has 4 N–H and O–H groups in total. The Morgan fingerprint density at radius 2 is 1.95 bits per heavy atom. The number of aliphatic hydroxyl groups is 1. The monoisotopic (exact) mass is 326 g/mol. The predicted octanol–water partition coefficient (Wildman–Crippen LogP) is 2.41. The molecule has 0 radical (unpaired) electrons. The van der Waals surface area contributed by atoms with Crippen LogP contribution in [0.4, 0.5) is 0 Å². The summed E-state index contributed by atoms with van der Waals surface area (Å²) in [6.07, 6.45) is 2.22. The number of nitrogens with one attached hydrogen (secondary N) is 1. The SMILES string of the molecule is CCC(C)C(N)C(=O)NCC1(C(O)c2ccccc2)CC1.Cl. The predicted molar refractivity (Wildman–Crippen MR) is 90.8 cm³/mol. The van der Waals surface area contributed by atoms with Gasteiger partial charge in [-0.25, -0.2) is 0 Å². The number of nitrogens with two attached hydrogens (primary N) is 1. The van der Waals surface area contributed by atoms with E-state index < -0.39 is 12.1 Å². The van der Waals surface area contributed by atoms with Crippen LogP contribution in [0.3, 0.4) is 0 Å². The molecule has 1 amide bonds. The van der Waals surface area contributed by atoms with Gasteiger partial charge in [0.25, 0.3) is 0 Å². The minimum absolute atomic E-state index is 0. The third-order valence-electron chi connectivity index (χ3n) is 4.76. The molecule has 1 aromatic rings. The molecule has 1 saturated carbocycles. The highest BCUT2D eigenvalue weighted by Crippen LogP contribution is 2.54. The number of hydrogen-bond acceptors (Lipinski definition) is 3. The second-order valence-corrected chi connectivity index (χ2v) is 6.30. The Bertz CT molecular complexity index is 477. The lowest BCUT2D eigenvalue weighted by Gasteiger charge is -2.25. The van der Waals surface area contributed by atoms with Gasteiger partial charge in [0.05, 0.1) is 12.1 Å². The van der Waals surface area contributed by atoms with E-state index in [9.17, 15) is 9.90 Å². The Morgan fingerprint density at radius 3 is 2.45 bits per heavy atom. The Morgan fingerprint density at radius 1 is 1.36 bits per heavy atom. The van der Waals surface area contributed by atoms with Crippen molar-refractivity contribution in [3.8, 4) is 0 Å². The molecule has 5 heteroatoms. The maximum absolute atomic E-state index is 12.1. The van der Waals surface area contributed by atoms with E-state index in [2.05, 4.69) is 5.32 Å². The molecule has 0 aromatic heterocycles. The summed E-state index contributed by atoms with van der Waals surface area (Å²) in [6, 6.07) is 9.16. The van der Waals surface area contributed by atoms with Gasteiger partial charge in [0.2, 0.25) is 5.91 Å². The first kappa shape index (κ1) is 18.9. The first-order chi connectivity index (χ1) is 10.00. The summed E-state index contributed by atoms with van der Waals surface area (Å²) in [4.78, 5) is 12.1. The fraction of sp³-hybridized carbons (Fsp3) is 0.588. The summed E-state index contributed by atoms with van der Waals surface area (Å²) in [7, 11) is 0. The standard InChI is InChI=1S/C17H26N2O2.ClH/c1-3-12(2)14(18)16(21)19-11-17(9-10-17)15(20)13-7-5-4-6-8-13;/h4-8,12,14-15,20H,3,9-11,18H2,1-2H3,(H,19,21);1H.